The molecule has 96 valence electrons. The molecule has 0 atom stereocenters. The van der Waals surface area contributed by atoms with Gasteiger partial charge in [-0.25, -0.2) is 13.1 Å². The van der Waals surface area contributed by atoms with Gasteiger partial charge in [0.25, 0.3) is 0 Å². The molecule has 1 aromatic rings. The lowest BCUT2D eigenvalue weighted by molar-refractivity contribution is 0.153. The van der Waals surface area contributed by atoms with E-state index in [0.29, 0.717) is 31.0 Å². The van der Waals surface area contributed by atoms with Crippen LogP contribution in [0.2, 0.25) is 0 Å². The average Bonchev–Trinajstić information content (AvgIpc) is 2.24. The van der Waals surface area contributed by atoms with Crippen molar-refractivity contribution < 1.29 is 13.2 Å². The van der Waals surface area contributed by atoms with Crippen molar-refractivity contribution in [2.45, 2.75) is 12.7 Å². The summed E-state index contributed by atoms with van der Waals surface area (Å²) in [6, 6.07) is 6.85. The van der Waals surface area contributed by atoms with Crippen LogP contribution >= 0.6 is 0 Å². The topological polar surface area (TPSA) is 81.4 Å². The Morgan fingerprint density at radius 3 is 2.82 bits per heavy atom. The predicted molar refractivity (Wildman–Crippen MR) is 68.0 cm³/mol. The maximum Gasteiger partial charge on any atom is 0.215 e. The van der Waals surface area contributed by atoms with Crippen LogP contribution in [0.5, 0.6) is 0 Å². The number of hydrogen-bond acceptors (Lipinski definition) is 4. The summed E-state index contributed by atoms with van der Waals surface area (Å²) < 4.78 is 30.9. The SMILES string of the molecule is CCOCCNS(=O)(=O)Cc1cccc(N)c1. The first kappa shape index (κ1) is 14.0. The van der Waals surface area contributed by atoms with E-state index in [4.69, 9.17) is 10.5 Å². The highest BCUT2D eigenvalue weighted by Crippen LogP contribution is 2.09. The second-order valence-electron chi connectivity index (χ2n) is 3.60. The molecule has 3 N–H and O–H groups in total. The molecule has 0 saturated heterocycles. The summed E-state index contributed by atoms with van der Waals surface area (Å²) >= 11 is 0. The fourth-order valence-electron chi connectivity index (χ4n) is 1.37. The summed E-state index contributed by atoms with van der Waals surface area (Å²) in [5, 5.41) is 0. The van der Waals surface area contributed by atoms with Gasteiger partial charge >= 0.3 is 0 Å². The van der Waals surface area contributed by atoms with Crippen molar-refractivity contribution in [3.63, 3.8) is 0 Å². The van der Waals surface area contributed by atoms with Crippen molar-refractivity contribution in [2.24, 2.45) is 0 Å². The molecular formula is C11H18N2O3S. The van der Waals surface area contributed by atoms with E-state index in [-0.39, 0.29) is 5.75 Å². The van der Waals surface area contributed by atoms with Gasteiger partial charge < -0.3 is 10.5 Å². The second kappa shape index (κ2) is 6.58. The Balaban J connectivity index is 2.49. The predicted octanol–water partition coefficient (Wildman–Crippen LogP) is 0.725. The molecule has 0 saturated carbocycles. The Hall–Kier alpha value is -1.11. The monoisotopic (exact) mass is 258 g/mol. The molecule has 0 aliphatic carbocycles. The first-order valence-electron chi connectivity index (χ1n) is 5.43. The average molecular weight is 258 g/mol. The van der Waals surface area contributed by atoms with Gasteiger partial charge in [0.15, 0.2) is 0 Å². The molecule has 5 nitrogen and oxygen atoms in total. The van der Waals surface area contributed by atoms with Crippen LogP contribution in [0.15, 0.2) is 24.3 Å². The van der Waals surface area contributed by atoms with E-state index in [2.05, 4.69) is 4.72 Å². The highest BCUT2D eigenvalue weighted by atomic mass is 32.2. The Morgan fingerprint density at radius 1 is 1.41 bits per heavy atom. The van der Waals surface area contributed by atoms with Crippen molar-refractivity contribution in [3.8, 4) is 0 Å². The van der Waals surface area contributed by atoms with Crippen LogP contribution in [-0.2, 0) is 20.5 Å². The van der Waals surface area contributed by atoms with E-state index in [9.17, 15) is 8.42 Å². The summed E-state index contributed by atoms with van der Waals surface area (Å²) in [7, 11) is -3.32. The number of sulfonamides is 1. The van der Waals surface area contributed by atoms with Gasteiger partial charge in [-0.05, 0) is 24.6 Å². The number of anilines is 1. The van der Waals surface area contributed by atoms with Gasteiger partial charge in [-0.3, -0.25) is 0 Å². The maximum atomic E-state index is 11.7. The van der Waals surface area contributed by atoms with Gasteiger partial charge in [0, 0.05) is 18.8 Å². The molecule has 0 amide bonds. The fraction of sp³-hybridized carbons (Fsp3) is 0.455. The smallest absolute Gasteiger partial charge is 0.215 e. The molecule has 0 aliphatic rings. The lowest BCUT2D eigenvalue weighted by atomic mass is 10.2. The lowest BCUT2D eigenvalue weighted by Gasteiger charge is -2.07. The largest absolute Gasteiger partial charge is 0.399 e. The quantitative estimate of drug-likeness (QED) is 0.558. The summed E-state index contributed by atoms with van der Waals surface area (Å²) in [6.45, 7) is 3.11. The summed E-state index contributed by atoms with van der Waals surface area (Å²) in [5.74, 6) is -0.0653. The molecule has 1 aromatic carbocycles. The van der Waals surface area contributed by atoms with Crippen LogP contribution in [0.1, 0.15) is 12.5 Å². The van der Waals surface area contributed by atoms with Crippen LogP contribution < -0.4 is 10.5 Å². The zero-order chi connectivity index (χ0) is 12.7. The fourth-order valence-corrected chi connectivity index (χ4v) is 2.48. The van der Waals surface area contributed by atoms with E-state index >= 15 is 0 Å². The third-order valence-electron chi connectivity index (χ3n) is 2.08. The van der Waals surface area contributed by atoms with E-state index in [1.54, 1.807) is 24.3 Å². The molecule has 1 rings (SSSR count). The molecule has 0 spiro atoms. The minimum Gasteiger partial charge on any atom is -0.399 e. The summed E-state index contributed by atoms with van der Waals surface area (Å²) in [6.07, 6.45) is 0. The molecule has 17 heavy (non-hydrogen) atoms. The number of nitrogens with two attached hydrogens (primary N) is 1. The molecule has 0 radical (unpaired) electrons. The van der Waals surface area contributed by atoms with Gasteiger partial charge in [-0.2, -0.15) is 0 Å². The molecule has 0 heterocycles. The van der Waals surface area contributed by atoms with Crippen LogP contribution in [0.3, 0.4) is 0 Å². The molecule has 0 bridgehead atoms. The van der Waals surface area contributed by atoms with Gasteiger partial charge in [0.05, 0.1) is 12.4 Å². The minimum atomic E-state index is -3.32. The summed E-state index contributed by atoms with van der Waals surface area (Å²) in [5.41, 5.74) is 6.82. The molecule has 6 heteroatoms. The Kier molecular flexibility index (Phi) is 5.40. The number of rotatable bonds is 7. The van der Waals surface area contributed by atoms with Gasteiger partial charge in [0.1, 0.15) is 0 Å². The first-order valence-corrected chi connectivity index (χ1v) is 7.08. The highest BCUT2D eigenvalue weighted by Gasteiger charge is 2.10. The van der Waals surface area contributed by atoms with E-state index in [1.165, 1.54) is 0 Å². The van der Waals surface area contributed by atoms with Gasteiger partial charge in [0.2, 0.25) is 10.0 Å². The molecule has 0 aromatic heterocycles. The molecular weight excluding hydrogens is 240 g/mol. The van der Waals surface area contributed by atoms with Crippen molar-refractivity contribution in [2.75, 3.05) is 25.5 Å². The highest BCUT2D eigenvalue weighted by molar-refractivity contribution is 7.88. The third-order valence-corrected chi connectivity index (χ3v) is 3.44. The van der Waals surface area contributed by atoms with Crippen LogP contribution in [0.4, 0.5) is 5.69 Å². The van der Waals surface area contributed by atoms with Crippen LogP contribution in [0, 0.1) is 0 Å². The first-order chi connectivity index (χ1) is 8.03. The standard InChI is InChI=1S/C11H18N2O3S/c1-2-16-7-6-13-17(14,15)9-10-4-3-5-11(12)8-10/h3-5,8,13H,2,6-7,9,12H2,1H3. The number of nitrogens with one attached hydrogen (secondary N) is 1. The Morgan fingerprint density at radius 2 is 2.18 bits per heavy atom. The van der Waals surface area contributed by atoms with E-state index in [0.717, 1.165) is 0 Å². The zero-order valence-electron chi connectivity index (χ0n) is 9.85. The second-order valence-corrected chi connectivity index (χ2v) is 5.40. The molecule has 0 aliphatic heterocycles. The number of ether oxygens (including phenoxy) is 1. The van der Waals surface area contributed by atoms with Crippen LogP contribution in [-0.4, -0.2) is 28.2 Å². The Labute approximate surface area is 102 Å². The molecule has 0 fully saturated rings. The van der Waals surface area contributed by atoms with Crippen molar-refractivity contribution >= 4 is 15.7 Å². The summed E-state index contributed by atoms with van der Waals surface area (Å²) in [4.78, 5) is 0. The van der Waals surface area contributed by atoms with Crippen molar-refractivity contribution in [1.29, 1.82) is 0 Å². The normalized spacial score (nSPS) is 11.6. The maximum absolute atomic E-state index is 11.7. The van der Waals surface area contributed by atoms with Crippen molar-refractivity contribution in [1.82, 2.24) is 4.72 Å². The van der Waals surface area contributed by atoms with Crippen LogP contribution in [0.25, 0.3) is 0 Å². The van der Waals surface area contributed by atoms with Gasteiger partial charge in [-0.1, -0.05) is 12.1 Å². The van der Waals surface area contributed by atoms with E-state index in [1.807, 2.05) is 6.92 Å². The lowest BCUT2D eigenvalue weighted by Crippen LogP contribution is -2.28. The molecule has 0 unspecified atom stereocenters. The Bertz CT molecular complexity index is 446. The number of benzene rings is 1. The minimum absolute atomic E-state index is 0.0653. The number of nitrogen functional groups attached to an aromatic ring is 1. The van der Waals surface area contributed by atoms with Gasteiger partial charge in [-0.15, -0.1) is 0 Å². The zero-order valence-corrected chi connectivity index (χ0v) is 10.7. The van der Waals surface area contributed by atoms with E-state index < -0.39 is 10.0 Å². The number of hydrogen-bond donors (Lipinski definition) is 2. The third kappa shape index (κ3) is 5.67. The van der Waals surface area contributed by atoms with Crippen molar-refractivity contribution in [3.05, 3.63) is 29.8 Å².